The average Bonchev–Trinajstić information content (AvgIpc) is 3.18. The van der Waals surface area contributed by atoms with Crippen LogP contribution in [0.25, 0.3) is 5.82 Å². The van der Waals surface area contributed by atoms with Gasteiger partial charge in [-0.25, -0.2) is 9.37 Å². The van der Waals surface area contributed by atoms with E-state index < -0.39 is 5.82 Å². The molecule has 1 aromatic carbocycles. The van der Waals surface area contributed by atoms with E-state index in [2.05, 4.69) is 20.5 Å². The van der Waals surface area contributed by atoms with Crippen molar-refractivity contribution < 1.29 is 13.9 Å². The molecule has 0 aliphatic heterocycles. The molecule has 3 rings (SSSR count). The molecular weight excluding hydrogens is 337 g/mol. The molecule has 0 aliphatic carbocycles. The zero-order valence-corrected chi connectivity index (χ0v) is 14.4. The van der Waals surface area contributed by atoms with Gasteiger partial charge < -0.3 is 10.1 Å². The average molecular weight is 355 g/mol. The monoisotopic (exact) mass is 355 g/mol. The number of rotatable bonds is 6. The molecule has 0 unspecified atom stereocenters. The lowest BCUT2D eigenvalue weighted by molar-refractivity contribution is 0.0939. The Morgan fingerprint density at radius 3 is 2.65 bits per heavy atom. The van der Waals surface area contributed by atoms with Crippen LogP contribution in [-0.4, -0.2) is 32.3 Å². The van der Waals surface area contributed by atoms with Crippen molar-refractivity contribution in [3.05, 3.63) is 66.1 Å². The molecule has 0 radical (unpaired) electrons. The molecule has 1 atom stereocenters. The molecule has 7 nitrogen and oxygen atoms in total. The van der Waals surface area contributed by atoms with Crippen molar-refractivity contribution in [3.8, 4) is 11.6 Å². The minimum absolute atomic E-state index is 0.198. The van der Waals surface area contributed by atoms with Crippen LogP contribution < -0.4 is 10.1 Å². The molecule has 26 heavy (non-hydrogen) atoms. The quantitative estimate of drug-likeness (QED) is 0.735. The Morgan fingerprint density at radius 1 is 1.27 bits per heavy atom. The molecule has 0 spiro atoms. The van der Waals surface area contributed by atoms with E-state index in [4.69, 9.17) is 4.74 Å². The molecular formula is C18H18FN5O2. The van der Waals surface area contributed by atoms with E-state index in [-0.39, 0.29) is 17.7 Å². The lowest BCUT2D eigenvalue weighted by Crippen LogP contribution is -2.26. The van der Waals surface area contributed by atoms with Gasteiger partial charge >= 0.3 is 0 Å². The second-order valence-electron chi connectivity index (χ2n) is 5.59. The zero-order chi connectivity index (χ0) is 18.5. The summed E-state index contributed by atoms with van der Waals surface area (Å²) in [4.78, 5) is 16.6. The molecule has 0 fully saturated rings. The first-order valence-corrected chi connectivity index (χ1v) is 8.12. The SMILES string of the molecule is CCOc1ccc([C@@H](C)NC(=O)c2ccc(-n3cnnc3)nc2)cc1F. The molecule has 1 N–H and O–H groups in total. The first-order chi connectivity index (χ1) is 12.6. The number of hydrogen-bond donors (Lipinski definition) is 1. The van der Waals surface area contributed by atoms with Gasteiger partial charge in [-0.3, -0.25) is 9.36 Å². The Hall–Kier alpha value is -3.29. The summed E-state index contributed by atoms with van der Waals surface area (Å²) in [7, 11) is 0. The number of carbonyl (C=O) groups excluding carboxylic acids is 1. The maximum Gasteiger partial charge on any atom is 0.253 e. The molecule has 2 heterocycles. The van der Waals surface area contributed by atoms with Gasteiger partial charge in [-0.05, 0) is 43.7 Å². The Bertz CT molecular complexity index is 881. The highest BCUT2D eigenvalue weighted by Gasteiger charge is 2.14. The van der Waals surface area contributed by atoms with Crippen LogP contribution in [0.3, 0.4) is 0 Å². The number of nitrogens with zero attached hydrogens (tertiary/aromatic N) is 4. The number of halogens is 1. The summed E-state index contributed by atoms with van der Waals surface area (Å²) < 4.78 is 20.8. The van der Waals surface area contributed by atoms with Gasteiger partial charge in [-0.2, -0.15) is 0 Å². The van der Waals surface area contributed by atoms with Crippen LogP contribution >= 0.6 is 0 Å². The van der Waals surface area contributed by atoms with Crippen LogP contribution in [-0.2, 0) is 0 Å². The number of aromatic nitrogens is 4. The van der Waals surface area contributed by atoms with Crippen molar-refractivity contribution in [2.75, 3.05) is 6.61 Å². The van der Waals surface area contributed by atoms with Gasteiger partial charge in [-0.1, -0.05) is 6.07 Å². The summed E-state index contributed by atoms with van der Waals surface area (Å²) in [5.41, 5.74) is 1.05. The van der Waals surface area contributed by atoms with E-state index in [1.165, 1.54) is 24.9 Å². The van der Waals surface area contributed by atoms with E-state index in [0.29, 0.717) is 23.6 Å². The fraction of sp³-hybridized carbons (Fsp3) is 0.222. The summed E-state index contributed by atoms with van der Waals surface area (Å²) >= 11 is 0. The number of carbonyl (C=O) groups is 1. The summed E-state index contributed by atoms with van der Waals surface area (Å²) in [5.74, 6) is 0.0525. The van der Waals surface area contributed by atoms with Gasteiger partial charge in [0.2, 0.25) is 0 Å². The minimum atomic E-state index is -0.453. The fourth-order valence-corrected chi connectivity index (χ4v) is 2.41. The van der Waals surface area contributed by atoms with Crippen molar-refractivity contribution in [2.24, 2.45) is 0 Å². The highest BCUT2D eigenvalue weighted by Crippen LogP contribution is 2.22. The molecule has 2 aromatic heterocycles. The Balaban J connectivity index is 1.68. The minimum Gasteiger partial charge on any atom is -0.491 e. The zero-order valence-electron chi connectivity index (χ0n) is 14.4. The van der Waals surface area contributed by atoms with Crippen LogP contribution in [0.4, 0.5) is 4.39 Å². The normalized spacial score (nSPS) is 11.8. The maximum absolute atomic E-state index is 14.0. The third kappa shape index (κ3) is 3.85. The lowest BCUT2D eigenvalue weighted by atomic mass is 10.1. The van der Waals surface area contributed by atoms with E-state index in [1.807, 2.05) is 0 Å². The number of amides is 1. The van der Waals surface area contributed by atoms with Crippen LogP contribution in [0.1, 0.15) is 35.8 Å². The number of hydrogen-bond acceptors (Lipinski definition) is 5. The van der Waals surface area contributed by atoms with Gasteiger partial charge in [0, 0.05) is 6.20 Å². The highest BCUT2D eigenvalue weighted by atomic mass is 19.1. The number of ether oxygens (including phenoxy) is 1. The predicted molar refractivity (Wildman–Crippen MR) is 92.6 cm³/mol. The number of pyridine rings is 1. The molecule has 0 bridgehead atoms. The first kappa shape index (κ1) is 17.5. The number of benzene rings is 1. The van der Waals surface area contributed by atoms with Gasteiger partial charge in [0.15, 0.2) is 11.6 Å². The van der Waals surface area contributed by atoms with Crippen molar-refractivity contribution in [3.63, 3.8) is 0 Å². The van der Waals surface area contributed by atoms with Crippen LogP contribution in [0.2, 0.25) is 0 Å². The summed E-state index contributed by atoms with van der Waals surface area (Å²) in [6.07, 6.45) is 4.51. The van der Waals surface area contributed by atoms with Crippen molar-refractivity contribution in [2.45, 2.75) is 19.9 Å². The van der Waals surface area contributed by atoms with E-state index in [1.54, 1.807) is 42.7 Å². The maximum atomic E-state index is 14.0. The molecule has 3 aromatic rings. The van der Waals surface area contributed by atoms with Crippen LogP contribution in [0, 0.1) is 5.82 Å². The lowest BCUT2D eigenvalue weighted by Gasteiger charge is -2.15. The Morgan fingerprint density at radius 2 is 2.04 bits per heavy atom. The first-order valence-electron chi connectivity index (χ1n) is 8.12. The highest BCUT2D eigenvalue weighted by molar-refractivity contribution is 5.94. The standard InChI is InChI=1S/C18H18FN5O2/c1-3-26-16-6-4-13(8-15(16)19)12(2)23-18(25)14-5-7-17(20-9-14)24-10-21-22-11-24/h4-12H,3H2,1-2H3,(H,23,25)/t12-/m1/s1. The summed E-state index contributed by atoms with van der Waals surface area (Å²) in [6, 6.07) is 7.63. The molecule has 8 heteroatoms. The third-order valence-corrected chi connectivity index (χ3v) is 3.80. The van der Waals surface area contributed by atoms with Crippen molar-refractivity contribution in [1.82, 2.24) is 25.1 Å². The van der Waals surface area contributed by atoms with Gasteiger partial charge in [0.1, 0.15) is 18.5 Å². The van der Waals surface area contributed by atoms with Gasteiger partial charge in [-0.15, -0.1) is 10.2 Å². The van der Waals surface area contributed by atoms with Crippen molar-refractivity contribution in [1.29, 1.82) is 0 Å². The van der Waals surface area contributed by atoms with Crippen LogP contribution in [0.5, 0.6) is 5.75 Å². The largest absolute Gasteiger partial charge is 0.491 e. The predicted octanol–water partition coefficient (Wildman–Crippen LogP) is 2.69. The molecule has 0 saturated heterocycles. The van der Waals surface area contributed by atoms with Crippen molar-refractivity contribution >= 4 is 5.91 Å². The van der Waals surface area contributed by atoms with Crippen LogP contribution in [0.15, 0.2) is 49.2 Å². The summed E-state index contributed by atoms with van der Waals surface area (Å²) in [6.45, 7) is 3.96. The summed E-state index contributed by atoms with van der Waals surface area (Å²) in [5, 5.41) is 10.2. The molecule has 0 aliphatic rings. The smallest absolute Gasteiger partial charge is 0.253 e. The molecule has 1 amide bonds. The molecule has 0 saturated carbocycles. The van der Waals surface area contributed by atoms with Gasteiger partial charge in [0.05, 0.1) is 18.2 Å². The van der Waals surface area contributed by atoms with Gasteiger partial charge in [0.25, 0.3) is 5.91 Å². The number of nitrogens with one attached hydrogen (secondary N) is 1. The topological polar surface area (TPSA) is 81.9 Å². The second-order valence-corrected chi connectivity index (χ2v) is 5.59. The molecule has 134 valence electrons. The van der Waals surface area contributed by atoms with E-state index in [0.717, 1.165) is 0 Å². The Labute approximate surface area is 149 Å². The second kappa shape index (κ2) is 7.73. The Kier molecular flexibility index (Phi) is 5.21. The van der Waals surface area contributed by atoms with E-state index >= 15 is 0 Å². The van der Waals surface area contributed by atoms with E-state index in [9.17, 15) is 9.18 Å². The third-order valence-electron chi connectivity index (χ3n) is 3.80. The fourth-order valence-electron chi connectivity index (χ4n) is 2.41.